The third-order valence-electron chi connectivity index (χ3n) is 5.14. The Labute approximate surface area is 166 Å². The third kappa shape index (κ3) is 3.84. The molecule has 0 N–H and O–H groups in total. The maximum Gasteiger partial charge on any atom is 0.254 e. The molecule has 0 aromatic heterocycles. The van der Waals surface area contributed by atoms with E-state index in [1.54, 1.807) is 21.3 Å². The molecule has 2 aromatic rings. The Morgan fingerprint density at radius 2 is 1.64 bits per heavy atom. The Morgan fingerprint density at radius 1 is 0.964 bits per heavy atom. The van der Waals surface area contributed by atoms with E-state index in [4.69, 9.17) is 14.2 Å². The van der Waals surface area contributed by atoms with Crippen molar-refractivity contribution in [1.82, 2.24) is 4.90 Å². The highest BCUT2D eigenvalue weighted by Crippen LogP contribution is 2.41. The van der Waals surface area contributed by atoms with Gasteiger partial charge < -0.3 is 19.1 Å². The van der Waals surface area contributed by atoms with Crippen LogP contribution in [0.15, 0.2) is 36.4 Å². The van der Waals surface area contributed by atoms with Crippen molar-refractivity contribution in [3.63, 3.8) is 0 Å². The minimum atomic E-state index is 0.0708. The highest BCUT2D eigenvalue weighted by Gasteiger charge is 2.24. The Hall–Kier alpha value is -2.95. The minimum Gasteiger partial charge on any atom is -0.496 e. The Bertz CT molecular complexity index is 892. The molecule has 0 saturated carbocycles. The number of hydrogen-bond acceptors (Lipinski definition) is 4. The molecule has 1 amide bonds. The van der Waals surface area contributed by atoms with Crippen LogP contribution in [-0.4, -0.2) is 45.2 Å². The lowest BCUT2D eigenvalue weighted by atomic mass is 9.96. The van der Waals surface area contributed by atoms with E-state index in [2.05, 4.69) is 6.08 Å². The number of hydrogen-bond donors (Lipinski definition) is 0. The molecule has 148 valence electrons. The standard InChI is InChI=1S/C23H27NO4/c1-15-6-7-19(16(2)12-15)23(25)24-10-8-17(9-11-24)22-20(27-4)13-18(26-3)14-21(22)28-5/h6-8,12-14H,9-11H2,1-5H3. The first kappa shape index (κ1) is 19.8. The fourth-order valence-corrected chi connectivity index (χ4v) is 3.63. The van der Waals surface area contributed by atoms with E-state index in [9.17, 15) is 4.79 Å². The van der Waals surface area contributed by atoms with E-state index >= 15 is 0 Å². The molecule has 0 radical (unpaired) electrons. The van der Waals surface area contributed by atoms with Gasteiger partial charge in [-0.05, 0) is 37.5 Å². The predicted octanol–water partition coefficient (Wildman–Crippen LogP) is 4.26. The zero-order valence-corrected chi connectivity index (χ0v) is 17.2. The number of amides is 1. The van der Waals surface area contributed by atoms with Crippen LogP contribution in [0.25, 0.3) is 5.57 Å². The number of ether oxygens (including phenoxy) is 3. The molecule has 0 unspecified atom stereocenters. The number of benzene rings is 2. The van der Waals surface area contributed by atoms with Gasteiger partial charge in [0.05, 0.1) is 26.9 Å². The SMILES string of the molecule is COc1cc(OC)c(C2=CCN(C(=O)c3ccc(C)cc3C)CC2)c(OC)c1. The third-order valence-corrected chi connectivity index (χ3v) is 5.14. The van der Waals surface area contributed by atoms with Crippen LogP contribution < -0.4 is 14.2 Å². The van der Waals surface area contributed by atoms with Crippen LogP contribution >= 0.6 is 0 Å². The first-order valence-electron chi connectivity index (χ1n) is 9.34. The van der Waals surface area contributed by atoms with Crippen molar-refractivity contribution < 1.29 is 19.0 Å². The average Bonchev–Trinajstić information content (AvgIpc) is 2.72. The lowest BCUT2D eigenvalue weighted by Crippen LogP contribution is -2.35. The molecule has 5 heteroatoms. The molecule has 3 rings (SSSR count). The van der Waals surface area contributed by atoms with Crippen molar-refractivity contribution in [2.75, 3.05) is 34.4 Å². The van der Waals surface area contributed by atoms with Crippen LogP contribution in [0.2, 0.25) is 0 Å². The molecular weight excluding hydrogens is 354 g/mol. The van der Waals surface area contributed by atoms with Gasteiger partial charge in [0.1, 0.15) is 17.2 Å². The molecule has 1 aliphatic rings. The van der Waals surface area contributed by atoms with Gasteiger partial charge in [0, 0.05) is 30.8 Å². The number of methoxy groups -OCH3 is 3. The number of rotatable bonds is 5. The fraction of sp³-hybridized carbons (Fsp3) is 0.348. The van der Waals surface area contributed by atoms with Gasteiger partial charge in [-0.25, -0.2) is 0 Å². The molecule has 0 aliphatic carbocycles. The summed E-state index contributed by atoms with van der Waals surface area (Å²) in [4.78, 5) is 14.8. The molecule has 28 heavy (non-hydrogen) atoms. The van der Waals surface area contributed by atoms with Gasteiger partial charge in [0.25, 0.3) is 5.91 Å². The molecule has 1 heterocycles. The molecule has 0 fully saturated rings. The summed E-state index contributed by atoms with van der Waals surface area (Å²) < 4.78 is 16.5. The molecule has 0 spiro atoms. The van der Waals surface area contributed by atoms with Crippen LogP contribution in [0.5, 0.6) is 17.2 Å². The number of carbonyl (C=O) groups is 1. The van der Waals surface area contributed by atoms with E-state index in [1.165, 1.54) is 0 Å². The zero-order valence-electron chi connectivity index (χ0n) is 17.2. The summed E-state index contributed by atoms with van der Waals surface area (Å²) in [7, 11) is 4.89. The van der Waals surface area contributed by atoms with E-state index in [0.717, 1.165) is 34.2 Å². The number of aryl methyl sites for hydroxylation is 2. The van der Waals surface area contributed by atoms with Crippen LogP contribution in [0.3, 0.4) is 0 Å². The summed E-state index contributed by atoms with van der Waals surface area (Å²) in [6.45, 7) is 5.22. The molecule has 2 aromatic carbocycles. The van der Waals surface area contributed by atoms with Gasteiger partial charge in [-0.1, -0.05) is 23.8 Å². The topological polar surface area (TPSA) is 48.0 Å². The van der Waals surface area contributed by atoms with Gasteiger partial charge in [-0.15, -0.1) is 0 Å². The monoisotopic (exact) mass is 381 g/mol. The summed E-state index contributed by atoms with van der Waals surface area (Å²) in [6.07, 6.45) is 2.81. The second kappa shape index (κ2) is 8.38. The molecule has 0 saturated heterocycles. The van der Waals surface area contributed by atoms with Gasteiger partial charge in [-0.3, -0.25) is 4.79 Å². The lowest BCUT2D eigenvalue weighted by Gasteiger charge is -2.28. The highest BCUT2D eigenvalue weighted by molar-refractivity contribution is 5.96. The molecule has 0 bridgehead atoms. The summed E-state index contributed by atoms with van der Waals surface area (Å²) in [5.41, 5.74) is 4.97. The first-order valence-corrected chi connectivity index (χ1v) is 9.34. The Balaban J connectivity index is 1.87. The number of carbonyl (C=O) groups excluding carboxylic acids is 1. The fourth-order valence-electron chi connectivity index (χ4n) is 3.63. The second-order valence-corrected chi connectivity index (χ2v) is 6.96. The molecule has 0 atom stereocenters. The molecule has 1 aliphatic heterocycles. The van der Waals surface area contributed by atoms with Crippen LogP contribution in [0.4, 0.5) is 0 Å². The van der Waals surface area contributed by atoms with E-state index in [1.807, 2.05) is 49.1 Å². The zero-order chi connectivity index (χ0) is 20.3. The van der Waals surface area contributed by atoms with Crippen molar-refractivity contribution >= 4 is 11.5 Å². The van der Waals surface area contributed by atoms with Crippen molar-refractivity contribution in [2.45, 2.75) is 20.3 Å². The molecular formula is C23H27NO4. The largest absolute Gasteiger partial charge is 0.496 e. The first-order chi connectivity index (χ1) is 13.5. The maximum absolute atomic E-state index is 12.9. The highest BCUT2D eigenvalue weighted by atomic mass is 16.5. The normalized spacial score (nSPS) is 13.8. The van der Waals surface area contributed by atoms with Gasteiger partial charge in [0.15, 0.2) is 0 Å². The van der Waals surface area contributed by atoms with Gasteiger partial charge >= 0.3 is 0 Å². The van der Waals surface area contributed by atoms with Crippen molar-refractivity contribution in [1.29, 1.82) is 0 Å². The van der Waals surface area contributed by atoms with E-state index in [-0.39, 0.29) is 5.91 Å². The van der Waals surface area contributed by atoms with Crippen molar-refractivity contribution in [3.05, 3.63) is 58.7 Å². The van der Waals surface area contributed by atoms with Crippen LogP contribution in [0, 0.1) is 13.8 Å². The van der Waals surface area contributed by atoms with Gasteiger partial charge in [-0.2, -0.15) is 0 Å². The summed E-state index contributed by atoms with van der Waals surface area (Å²) in [5.74, 6) is 2.16. The average molecular weight is 381 g/mol. The maximum atomic E-state index is 12.9. The van der Waals surface area contributed by atoms with Crippen LogP contribution in [0.1, 0.15) is 33.5 Å². The lowest BCUT2D eigenvalue weighted by molar-refractivity contribution is 0.0772. The van der Waals surface area contributed by atoms with E-state index in [0.29, 0.717) is 30.3 Å². The molecule has 5 nitrogen and oxygen atoms in total. The smallest absolute Gasteiger partial charge is 0.254 e. The van der Waals surface area contributed by atoms with Crippen LogP contribution in [-0.2, 0) is 0 Å². The van der Waals surface area contributed by atoms with Crippen molar-refractivity contribution in [2.24, 2.45) is 0 Å². The Morgan fingerprint density at radius 3 is 2.14 bits per heavy atom. The second-order valence-electron chi connectivity index (χ2n) is 6.96. The summed E-state index contributed by atoms with van der Waals surface area (Å²) >= 11 is 0. The summed E-state index contributed by atoms with van der Waals surface area (Å²) in [6, 6.07) is 9.66. The Kier molecular flexibility index (Phi) is 5.93. The van der Waals surface area contributed by atoms with Crippen molar-refractivity contribution in [3.8, 4) is 17.2 Å². The predicted molar refractivity (Wildman–Crippen MR) is 111 cm³/mol. The number of nitrogens with zero attached hydrogens (tertiary/aromatic N) is 1. The quantitative estimate of drug-likeness (QED) is 0.776. The minimum absolute atomic E-state index is 0.0708. The van der Waals surface area contributed by atoms with E-state index < -0.39 is 0 Å². The summed E-state index contributed by atoms with van der Waals surface area (Å²) in [5, 5.41) is 0. The van der Waals surface area contributed by atoms with Gasteiger partial charge in [0.2, 0.25) is 0 Å².